The summed E-state index contributed by atoms with van der Waals surface area (Å²) in [5, 5.41) is 5.82. The lowest BCUT2D eigenvalue weighted by Crippen LogP contribution is -1.89. The maximum Gasteiger partial charge on any atom is 0.127 e. The van der Waals surface area contributed by atoms with Crippen molar-refractivity contribution in [2.24, 2.45) is 7.05 Å². The van der Waals surface area contributed by atoms with Crippen LogP contribution in [0.25, 0.3) is 21.7 Å². The quantitative estimate of drug-likeness (QED) is 0.198. The molecule has 1 aromatic heterocycles. The van der Waals surface area contributed by atoms with E-state index >= 15 is 0 Å². The lowest BCUT2D eigenvalue weighted by atomic mass is 10.0. The zero-order valence-electron chi connectivity index (χ0n) is 19.1. The smallest absolute Gasteiger partial charge is 0.127 e. The molecule has 0 aliphatic heterocycles. The number of ether oxygens (including phenoxy) is 1. The van der Waals surface area contributed by atoms with Crippen LogP contribution in [-0.4, -0.2) is 4.57 Å². The molecule has 0 unspecified atom stereocenters. The largest absolute Gasteiger partial charge is 0.457 e. The molecular weight excluding hydrogens is 538 g/mol. The summed E-state index contributed by atoms with van der Waals surface area (Å²) in [6, 6.07) is 29.2. The van der Waals surface area contributed by atoms with Crippen LogP contribution in [0.4, 0.5) is 0 Å². The van der Waals surface area contributed by atoms with Gasteiger partial charge in [-0.1, -0.05) is 86.5 Å². The molecule has 1 heterocycles. The Balaban J connectivity index is 0.000000157. The van der Waals surface area contributed by atoms with Gasteiger partial charge in [0.25, 0.3) is 0 Å². The zero-order chi connectivity index (χ0) is 23.4. The van der Waals surface area contributed by atoms with Crippen molar-refractivity contribution in [2.45, 2.75) is 24.5 Å². The van der Waals surface area contributed by atoms with E-state index in [2.05, 4.69) is 118 Å². The summed E-state index contributed by atoms with van der Waals surface area (Å²) >= 11 is 6.84. The number of rotatable bonds is 4. The molecule has 0 bridgehead atoms. The number of aryl methyl sites for hydroxylation is 2. The topological polar surface area (TPSA) is 14.2 Å². The highest BCUT2D eigenvalue weighted by Gasteiger charge is 2.10. The fraction of sp³-hybridized carbons (Fsp3) is 0.172. The Kier molecular flexibility index (Phi) is 7.56. The van der Waals surface area contributed by atoms with Gasteiger partial charge in [-0.2, -0.15) is 0 Å². The molecule has 0 N–H and O–H groups in total. The Labute approximate surface area is 212 Å². The van der Waals surface area contributed by atoms with E-state index in [4.69, 9.17) is 4.74 Å². The normalized spacial score (nSPS) is 10.8. The van der Waals surface area contributed by atoms with E-state index in [1.54, 1.807) is 0 Å². The molecule has 33 heavy (non-hydrogen) atoms. The Bertz CT molecular complexity index is 1320. The molecule has 0 spiro atoms. The van der Waals surface area contributed by atoms with Crippen molar-refractivity contribution in [3.8, 4) is 11.5 Å². The highest BCUT2D eigenvalue weighted by molar-refractivity contribution is 9.08. The van der Waals surface area contributed by atoms with Gasteiger partial charge in [0.05, 0.1) is 0 Å². The highest BCUT2D eigenvalue weighted by atomic mass is 79.9. The van der Waals surface area contributed by atoms with Crippen LogP contribution in [0.3, 0.4) is 0 Å². The van der Waals surface area contributed by atoms with Crippen LogP contribution in [-0.2, 0) is 17.7 Å². The lowest BCUT2D eigenvalue weighted by Gasteiger charge is -2.06. The second-order valence-electron chi connectivity index (χ2n) is 8.11. The van der Waals surface area contributed by atoms with E-state index < -0.39 is 0 Å². The Morgan fingerprint density at radius 3 is 1.79 bits per heavy atom. The first-order chi connectivity index (χ1) is 16.0. The first-order valence-electron chi connectivity index (χ1n) is 10.9. The Morgan fingerprint density at radius 1 is 0.697 bits per heavy atom. The van der Waals surface area contributed by atoms with E-state index in [9.17, 15) is 0 Å². The molecule has 0 amide bonds. The first kappa shape index (κ1) is 23.6. The third kappa shape index (κ3) is 5.18. The summed E-state index contributed by atoms with van der Waals surface area (Å²) in [5.41, 5.74) is 6.56. The Hall–Kier alpha value is -2.56. The van der Waals surface area contributed by atoms with Crippen LogP contribution in [0.2, 0.25) is 0 Å². The lowest BCUT2D eigenvalue weighted by molar-refractivity contribution is 0.482. The van der Waals surface area contributed by atoms with Crippen molar-refractivity contribution in [1.82, 2.24) is 4.57 Å². The summed E-state index contributed by atoms with van der Waals surface area (Å²) < 4.78 is 8.02. The number of hydrogen-bond donors (Lipinski definition) is 0. The molecule has 0 saturated heterocycles. The van der Waals surface area contributed by atoms with Crippen LogP contribution in [0.15, 0.2) is 84.9 Å². The maximum absolute atomic E-state index is 5.75. The minimum Gasteiger partial charge on any atom is -0.457 e. The molecule has 4 heteroatoms. The molecule has 4 aromatic carbocycles. The van der Waals surface area contributed by atoms with Gasteiger partial charge in [0.15, 0.2) is 0 Å². The fourth-order valence-corrected chi connectivity index (χ4v) is 4.72. The monoisotopic (exact) mass is 563 g/mol. The average Bonchev–Trinajstić information content (AvgIpc) is 3.09. The highest BCUT2D eigenvalue weighted by Crippen LogP contribution is 2.31. The maximum atomic E-state index is 5.75. The number of fused-ring (bicyclic) bond motifs is 3. The van der Waals surface area contributed by atoms with Crippen LogP contribution in [0.5, 0.6) is 11.5 Å². The molecule has 5 aromatic rings. The van der Waals surface area contributed by atoms with Gasteiger partial charge < -0.3 is 9.30 Å². The molecule has 0 saturated carbocycles. The van der Waals surface area contributed by atoms with E-state index in [1.807, 2.05) is 24.3 Å². The summed E-state index contributed by atoms with van der Waals surface area (Å²) in [6.07, 6.45) is 0. The van der Waals surface area contributed by atoms with E-state index in [0.717, 1.165) is 22.2 Å². The third-order valence-electron chi connectivity index (χ3n) is 6.08. The van der Waals surface area contributed by atoms with Crippen molar-refractivity contribution in [2.75, 3.05) is 0 Å². The SMILES string of the molecule is BrCc1ccc(Oc2ccc(CBr)cc2)cc1.Cc1c(C)n(C)c2ccc3ccccc3c12. The zero-order valence-corrected chi connectivity index (χ0v) is 22.3. The van der Waals surface area contributed by atoms with Crippen molar-refractivity contribution in [3.63, 3.8) is 0 Å². The fourth-order valence-electron chi connectivity index (χ4n) is 3.98. The first-order valence-corrected chi connectivity index (χ1v) is 13.2. The minimum atomic E-state index is 0.862. The number of halogens is 2. The number of aromatic nitrogens is 1. The minimum absolute atomic E-state index is 0.862. The molecule has 168 valence electrons. The summed E-state index contributed by atoms with van der Waals surface area (Å²) in [4.78, 5) is 0. The number of hydrogen-bond acceptors (Lipinski definition) is 1. The number of nitrogens with zero attached hydrogens (tertiary/aromatic N) is 1. The van der Waals surface area contributed by atoms with Crippen molar-refractivity contribution in [1.29, 1.82) is 0 Å². The number of alkyl halides is 2. The summed E-state index contributed by atoms with van der Waals surface area (Å²) in [7, 11) is 2.14. The van der Waals surface area contributed by atoms with E-state index in [0.29, 0.717) is 0 Å². The van der Waals surface area contributed by atoms with E-state index in [-0.39, 0.29) is 0 Å². The van der Waals surface area contributed by atoms with Gasteiger partial charge in [0.1, 0.15) is 11.5 Å². The summed E-state index contributed by atoms with van der Waals surface area (Å²) in [6.45, 7) is 4.40. The second-order valence-corrected chi connectivity index (χ2v) is 9.23. The molecular formula is C29H27Br2NO. The van der Waals surface area contributed by atoms with Crippen LogP contribution < -0.4 is 4.74 Å². The van der Waals surface area contributed by atoms with Crippen molar-refractivity contribution in [3.05, 3.63) is 107 Å². The van der Waals surface area contributed by atoms with Gasteiger partial charge in [-0.3, -0.25) is 0 Å². The van der Waals surface area contributed by atoms with E-state index in [1.165, 1.54) is 44.1 Å². The molecule has 0 aliphatic carbocycles. The van der Waals surface area contributed by atoms with Gasteiger partial charge in [-0.25, -0.2) is 0 Å². The van der Waals surface area contributed by atoms with Gasteiger partial charge in [0, 0.05) is 34.3 Å². The van der Waals surface area contributed by atoms with Crippen LogP contribution >= 0.6 is 31.9 Å². The van der Waals surface area contributed by atoms with Gasteiger partial charge in [-0.15, -0.1) is 0 Å². The molecule has 0 fully saturated rings. The molecule has 5 rings (SSSR count). The molecule has 0 aliphatic rings. The third-order valence-corrected chi connectivity index (χ3v) is 7.38. The Morgan fingerprint density at radius 2 is 1.24 bits per heavy atom. The average molecular weight is 565 g/mol. The predicted octanol–water partition coefficient (Wildman–Crippen LogP) is 9.22. The summed E-state index contributed by atoms with van der Waals surface area (Å²) in [5.74, 6) is 1.72. The van der Waals surface area contributed by atoms with Gasteiger partial charge in [0.2, 0.25) is 0 Å². The van der Waals surface area contributed by atoms with Crippen LogP contribution in [0, 0.1) is 13.8 Å². The molecule has 2 nitrogen and oxygen atoms in total. The number of benzene rings is 4. The van der Waals surface area contributed by atoms with Crippen molar-refractivity contribution < 1.29 is 4.74 Å². The molecule has 0 atom stereocenters. The second kappa shape index (κ2) is 10.6. The molecule has 0 radical (unpaired) electrons. The predicted molar refractivity (Wildman–Crippen MR) is 148 cm³/mol. The van der Waals surface area contributed by atoms with Gasteiger partial charge >= 0.3 is 0 Å². The van der Waals surface area contributed by atoms with Gasteiger partial charge in [-0.05, 0) is 71.6 Å². The van der Waals surface area contributed by atoms with Crippen LogP contribution in [0.1, 0.15) is 22.4 Å². The van der Waals surface area contributed by atoms with Crippen molar-refractivity contribution >= 4 is 53.5 Å². The standard InChI is InChI=1S/C15H15N.C14H12Br2O/c1-10-11(2)16(3)14-9-8-12-6-4-5-7-13(12)15(10)14;15-9-11-1-5-13(6-2-11)17-14-7-3-12(10-16)4-8-14/h4-9H,1-3H3;1-8H,9-10H2.